The third-order valence-corrected chi connectivity index (χ3v) is 6.57. The van der Waals surface area contributed by atoms with E-state index in [1.807, 2.05) is 48.5 Å². The number of hydrogen-bond donors (Lipinski definition) is 0. The second kappa shape index (κ2) is 7.91. The summed E-state index contributed by atoms with van der Waals surface area (Å²) in [5.74, 6) is 2.64. The molecule has 1 aromatic heterocycles. The highest BCUT2D eigenvalue weighted by Gasteiger charge is 2.26. The van der Waals surface area contributed by atoms with Crippen molar-refractivity contribution in [1.82, 2.24) is 14.8 Å². The van der Waals surface area contributed by atoms with Gasteiger partial charge >= 0.3 is 0 Å². The van der Waals surface area contributed by atoms with Crippen molar-refractivity contribution in [3.63, 3.8) is 0 Å². The van der Waals surface area contributed by atoms with Crippen LogP contribution >= 0.6 is 11.8 Å². The fourth-order valence-corrected chi connectivity index (χ4v) is 4.90. The van der Waals surface area contributed by atoms with Crippen LogP contribution in [0.4, 0.5) is 0 Å². The number of rotatable bonds is 5. The molecule has 1 fully saturated rings. The summed E-state index contributed by atoms with van der Waals surface area (Å²) in [5.41, 5.74) is 2.07. The summed E-state index contributed by atoms with van der Waals surface area (Å²) < 4.78 is 13.0. The SMILES string of the molecule is O=C1CCCC[C@H]1Sc1nnc(-c2ccccc2)n1Cc1ccc2c(c1)OCO2. The number of carbonyl (C=O) groups excluding carboxylic acids is 1. The topological polar surface area (TPSA) is 66.2 Å². The van der Waals surface area contributed by atoms with Gasteiger partial charge in [0.2, 0.25) is 6.79 Å². The Morgan fingerprint density at radius 2 is 1.90 bits per heavy atom. The Kier molecular flexibility index (Phi) is 4.97. The summed E-state index contributed by atoms with van der Waals surface area (Å²) in [6.07, 6.45) is 3.65. The molecule has 148 valence electrons. The predicted molar refractivity (Wildman–Crippen MR) is 110 cm³/mol. The first-order chi connectivity index (χ1) is 14.3. The number of aromatic nitrogens is 3. The van der Waals surface area contributed by atoms with E-state index in [1.165, 1.54) is 0 Å². The average molecular weight is 407 g/mol. The van der Waals surface area contributed by atoms with Gasteiger partial charge in [-0.15, -0.1) is 10.2 Å². The Balaban J connectivity index is 1.50. The lowest BCUT2D eigenvalue weighted by Gasteiger charge is -2.20. The molecule has 1 atom stereocenters. The summed E-state index contributed by atoms with van der Waals surface area (Å²) in [6, 6.07) is 16.0. The molecule has 0 N–H and O–H groups in total. The smallest absolute Gasteiger partial charge is 0.231 e. The van der Waals surface area contributed by atoms with Crippen molar-refractivity contribution in [1.29, 1.82) is 0 Å². The number of hydrogen-bond acceptors (Lipinski definition) is 6. The second-order valence-electron chi connectivity index (χ2n) is 7.26. The zero-order chi connectivity index (χ0) is 19.6. The molecule has 0 amide bonds. The molecule has 3 aromatic rings. The van der Waals surface area contributed by atoms with Gasteiger partial charge in [0.1, 0.15) is 5.78 Å². The Morgan fingerprint density at radius 1 is 1.03 bits per heavy atom. The van der Waals surface area contributed by atoms with Crippen molar-refractivity contribution in [2.24, 2.45) is 0 Å². The maximum atomic E-state index is 12.4. The van der Waals surface area contributed by atoms with E-state index in [1.54, 1.807) is 11.8 Å². The van der Waals surface area contributed by atoms with Crippen LogP contribution in [0.2, 0.25) is 0 Å². The Bertz CT molecular complexity index is 1040. The highest BCUT2D eigenvalue weighted by atomic mass is 32.2. The van der Waals surface area contributed by atoms with Crippen LogP contribution in [0.3, 0.4) is 0 Å². The second-order valence-corrected chi connectivity index (χ2v) is 8.43. The summed E-state index contributed by atoms with van der Waals surface area (Å²) in [6.45, 7) is 0.850. The monoisotopic (exact) mass is 407 g/mol. The van der Waals surface area contributed by atoms with Gasteiger partial charge in [-0.05, 0) is 30.5 Å². The first kappa shape index (κ1) is 18.2. The minimum Gasteiger partial charge on any atom is -0.454 e. The maximum absolute atomic E-state index is 12.4. The van der Waals surface area contributed by atoms with Crippen molar-refractivity contribution in [3.05, 3.63) is 54.1 Å². The molecule has 29 heavy (non-hydrogen) atoms. The van der Waals surface area contributed by atoms with Crippen molar-refractivity contribution >= 4 is 17.5 Å². The van der Waals surface area contributed by atoms with E-state index >= 15 is 0 Å². The number of ketones is 1. The zero-order valence-electron chi connectivity index (χ0n) is 15.9. The largest absolute Gasteiger partial charge is 0.454 e. The molecule has 0 spiro atoms. The molecule has 2 heterocycles. The molecule has 2 aromatic carbocycles. The molecule has 2 aliphatic rings. The molecule has 0 radical (unpaired) electrons. The molecule has 1 aliphatic carbocycles. The van der Waals surface area contributed by atoms with Gasteiger partial charge in [-0.1, -0.05) is 54.6 Å². The van der Waals surface area contributed by atoms with E-state index in [4.69, 9.17) is 9.47 Å². The van der Waals surface area contributed by atoms with E-state index in [0.717, 1.165) is 52.9 Å². The first-order valence-electron chi connectivity index (χ1n) is 9.84. The molecule has 0 bridgehead atoms. The lowest BCUT2D eigenvalue weighted by molar-refractivity contribution is -0.119. The molecule has 1 aliphatic heterocycles. The third-order valence-electron chi connectivity index (χ3n) is 5.27. The van der Waals surface area contributed by atoms with Gasteiger partial charge in [0, 0.05) is 12.0 Å². The summed E-state index contributed by atoms with van der Waals surface area (Å²) in [5, 5.41) is 9.67. The Morgan fingerprint density at radius 3 is 2.76 bits per heavy atom. The van der Waals surface area contributed by atoms with Gasteiger partial charge in [0.25, 0.3) is 0 Å². The molecule has 5 rings (SSSR count). The lowest BCUT2D eigenvalue weighted by atomic mass is 9.99. The van der Waals surface area contributed by atoms with Crippen LogP contribution < -0.4 is 9.47 Å². The average Bonchev–Trinajstić information content (AvgIpc) is 3.37. The standard InChI is InChI=1S/C22H21N3O3S/c26-17-8-4-5-9-20(17)29-22-24-23-21(16-6-2-1-3-7-16)25(22)13-15-10-11-18-19(12-15)28-14-27-18/h1-3,6-7,10-12,20H,4-5,8-9,13-14H2/t20-/m1/s1. The van der Waals surface area contributed by atoms with Gasteiger partial charge < -0.3 is 9.47 Å². The normalized spacial score (nSPS) is 18.2. The molecular formula is C22H21N3O3S. The van der Waals surface area contributed by atoms with E-state index < -0.39 is 0 Å². The van der Waals surface area contributed by atoms with E-state index in [9.17, 15) is 4.79 Å². The Labute approximate surface area is 173 Å². The molecular weight excluding hydrogens is 386 g/mol. The van der Waals surface area contributed by atoms with Gasteiger partial charge in [-0.2, -0.15) is 0 Å². The number of fused-ring (bicyclic) bond motifs is 1. The summed E-state index contributed by atoms with van der Waals surface area (Å²) in [7, 11) is 0. The maximum Gasteiger partial charge on any atom is 0.231 e. The zero-order valence-corrected chi connectivity index (χ0v) is 16.7. The van der Waals surface area contributed by atoms with Crippen LogP contribution in [0.1, 0.15) is 31.2 Å². The van der Waals surface area contributed by atoms with Crippen molar-refractivity contribution in [2.45, 2.75) is 42.6 Å². The van der Waals surface area contributed by atoms with Crippen LogP contribution in [0, 0.1) is 0 Å². The minimum atomic E-state index is -0.0351. The van der Waals surface area contributed by atoms with Crippen LogP contribution in [-0.2, 0) is 11.3 Å². The first-order valence-corrected chi connectivity index (χ1v) is 10.7. The Hall–Kier alpha value is -2.80. The van der Waals surface area contributed by atoms with E-state index in [0.29, 0.717) is 18.7 Å². The minimum absolute atomic E-state index is 0.0351. The number of thioether (sulfide) groups is 1. The highest BCUT2D eigenvalue weighted by Crippen LogP contribution is 2.35. The summed E-state index contributed by atoms with van der Waals surface area (Å²) in [4.78, 5) is 12.4. The quantitative estimate of drug-likeness (QED) is 0.627. The van der Waals surface area contributed by atoms with Crippen molar-refractivity contribution < 1.29 is 14.3 Å². The predicted octanol–water partition coefficient (Wildman–Crippen LogP) is 4.33. The molecule has 0 saturated heterocycles. The summed E-state index contributed by atoms with van der Waals surface area (Å²) >= 11 is 1.54. The number of carbonyl (C=O) groups is 1. The number of benzene rings is 2. The number of ether oxygens (including phenoxy) is 2. The lowest BCUT2D eigenvalue weighted by Crippen LogP contribution is -2.22. The molecule has 0 unspecified atom stereocenters. The van der Waals surface area contributed by atoms with Gasteiger partial charge in [0.05, 0.1) is 11.8 Å². The van der Waals surface area contributed by atoms with Crippen molar-refractivity contribution in [3.8, 4) is 22.9 Å². The third kappa shape index (κ3) is 3.74. The van der Waals surface area contributed by atoms with Gasteiger partial charge in [0.15, 0.2) is 22.5 Å². The van der Waals surface area contributed by atoms with Crippen LogP contribution in [0.25, 0.3) is 11.4 Å². The number of nitrogens with zero attached hydrogens (tertiary/aromatic N) is 3. The molecule has 7 heteroatoms. The molecule has 6 nitrogen and oxygen atoms in total. The van der Waals surface area contributed by atoms with Crippen molar-refractivity contribution in [2.75, 3.05) is 6.79 Å². The fourth-order valence-electron chi connectivity index (χ4n) is 3.74. The van der Waals surface area contributed by atoms with Gasteiger partial charge in [-0.25, -0.2) is 0 Å². The highest BCUT2D eigenvalue weighted by molar-refractivity contribution is 8.00. The number of Topliss-reactive ketones (excluding diaryl/α,β-unsaturated/α-hetero) is 1. The van der Waals surface area contributed by atoms with E-state index in [-0.39, 0.29) is 12.0 Å². The van der Waals surface area contributed by atoms with Crippen LogP contribution in [0.5, 0.6) is 11.5 Å². The van der Waals surface area contributed by atoms with Crippen LogP contribution in [-0.4, -0.2) is 32.6 Å². The van der Waals surface area contributed by atoms with Gasteiger partial charge in [-0.3, -0.25) is 9.36 Å². The fraction of sp³-hybridized carbons (Fsp3) is 0.318. The molecule has 1 saturated carbocycles. The van der Waals surface area contributed by atoms with E-state index in [2.05, 4.69) is 14.8 Å². The van der Waals surface area contributed by atoms with Crippen LogP contribution in [0.15, 0.2) is 53.7 Å².